The first-order chi connectivity index (χ1) is 32.0. The van der Waals surface area contributed by atoms with Gasteiger partial charge in [0.05, 0.1) is 0 Å². The van der Waals surface area contributed by atoms with Gasteiger partial charge in [-0.05, 0) is 109 Å². The van der Waals surface area contributed by atoms with Gasteiger partial charge < -0.3 is 14.2 Å². The Morgan fingerprint density at radius 3 is 1.02 bits per heavy atom. The molecule has 372 valence electrons. The van der Waals surface area contributed by atoms with E-state index >= 15 is 0 Å². The molecule has 1 unspecified atom stereocenters. The van der Waals surface area contributed by atoms with Crippen molar-refractivity contribution in [2.75, 3.05) is 13.2 Å². The van der Waals surface area contributed by atoms with E-state index in [1.165, 1.54) is 89.9 Å². The Hall–Kier alpha value is -3.41. The summed E-state index contributed by atoms with van der Waals surface area (Å²) in [6, 6.07) is 0. The van der Waals surface area contributed by atoms with Gasteiger partial charge in [0, 0.05) is 19.3 Å². The summed E-state index contributed by atoms with van der Waals surface area (Å²) in [5.41, 5.74) is 0. The molecule has 0 saturated heterocycles. The zero-order valence-electron chi connectivity index (χ0n) is 42.5. The minimum atomic E-state index is -0.799. The maximum Gasteiger partial charge on any atom is 0.306 e. The van der Waals surface area contributed by atoms with Gasteiger partial charge in [0.25, 0.3) is 0 Å². The minimum absolute atomic E-state index is 0.0957. The zero-order chi connectivity index (χ0) is 47.2. The highest BCUT2D eigenvalue weighted by molar-refractivity contribution is 5.71. The summed E-state index contributed by atoms with van der Waals surface area (Å²) in [6.07, 6.45) is 68.6. The van der Waals surface area contributed by atoms with Crippen molar-refractivity contribution >= 4 is 17.9 Å². The SMILES string of the molecule is CC/C=C\C/C=C\C/C=C\CCCCCC(=O)OC(COC(=O)CCCCCCC/C=C\C/C=C\CCC)COC(=O)CCCCCCCCCCC/C=C\C/C=C\CCCCCCC. The molecule has 0 saturated carbocycles. The van der Waals surface area contributed by atoms with Crippen LogP contribution in [-0.4, -0.2) is 37.2 Å². The second-order valence-electron chi connectivity index (χ2n) is 17.7. The summed E-state index contributed by atoms with van der Waals surface area (Å²) in [6.45, 7) is 6.41. The van der Waals surface area contributed by atoms with Crippen LogP contribution in [0.2, 0.25) is 0 Å². The molecule has 0 bridgehead atoms. The number of carbonyl (C=O) groups is 3. The molecule has 0 fully saturated rings. The van der Waals surface area contributed by atoms with Crippen LogP contribution in [-0.2, 0) is 28.6 Å². The maximum atomic E-state index is 12.8. The van der Waals surface area contributed by atoms with Crippen LogP contribution in [0.3, 0.4) is 0 Å². The van der Waals surface area contributed by atoms with Crippen LogP contribution in [0, 0.1) is 0 Å². The number of rotatable bonds is 48. The van der Waals surface area contributed by atoms with Gasteiger partial charge in [-0.2, -0.15) is 0 Å². The van der Waals surface area contributed by atoms with Gasteiger partial charge in [0.1, 0.15) is 13.2 Å². The molecule has 0 aliphatic rings. The predicted octanol–water partition coefficient (Wildman–Crippen LogP) is 18.0. The maximum absolute atomic E-state index is 12.8. The van der Waals surface area contributed by atoms with Crippen LogP contribution >= 0.6 is 0 Å². The first-order valence-corrected chi connectivity index (χ1v) is 27.1. The van der Waals surface area contributed by atoms with Crippen molar-refractivity contribution in [3.8, 4) is 0 Å². The van der Waals surface area contributed by atoms with Gasteiger partial charge in [0.15, 0.2) is 6.10 Å². The lowest BCUT2D eigenvalue weighted by Crippen LogP contribution is -2.30. The van der Waals surface area contributed by atoms with E-state index in [0.29, 0.717) is 12.8 Å². The van der Waals surface area contributed by atoms with E-state index in [1.807, 2.05) is 0 Å². The largest absolute Gasteiger partial charge is 0.462 e. The van der Waals surface area contributed by atoms with Crippen molar-refractivity contribution in [3.05, 3.63) is 85.1 Å². The van der Waals surface area contributed by atoms with E-state index in [-0.39, 0.29) is 37.5 Å². The smallest absolute Gasteiger partial charge is 0.306 e. The van der Waals surface area contributed by atoms with Crippen LogP contribution in [0.25, 0.3) is 0 Å². The standard InChI is InChI=1S/C59H100O6/c1-4-7-10-13-16-19-22-25-26-27-28-29-30-31-32-35-37-40-43-46-49-52-58(61)64-55-56(65-59(62)53-50-47-44-41-38-34-24-21-18-15-12-9-6-3)54-63-57(60)51-48-45-42-39-36-33-23-20-17-14-11-8-5-2/h9,11-12,14,18,20-23,25,27-28,34,38,56H,4-8,10,13,15-17,19,24,26,29-33,35-37,39-55H2,1-3H3/b12-9-,14-11-,21-18-,23-20-,25-22-,28-27-,38-34-. The summed E-state index contributed by atoms with van der Waals surface area (Å²) >= 11 is 0. The average Bonchev–Trinajstić information content (AvgIpc) is 3.30. The first-order valence-electron chi connectivity index (χ1n) is 27.1. The molecule has 0 spiro atoms. The molecule has 1 atom stereocenters. The minimum Gasteiger partial charge on any atom is -0.462 e. The molecule has 0 N–H and O–H groups in total. The fraction of sp³-hybridized carbons (Fsp3) is 0.712. The number of hydrogen-bond donors (Lipinski definition) is 0. The summed E-state index contributed by atoms with van der Waals surface area (Å²) in [5.74, 6) is -0.944. The Balaban J connectivity index is 4.37. The summed E-state index contributed by atoms with van der Waals surface area (Å²) in [7, 11) is 0. The third kappa shape index (κ3) is 51.4. The van der Waals surface area contributed by atoms with Crippen molar-refractivity contribution in [1.82, 2.24) is 0 Å². The number of carbonyl (C=O) groups excluding carboxylic acids is 3. The van der Waals surface area contributed by atoms with Gasteiger partial charge in [-0.15, -0.1) is 0 Å². The second-order valence-corrected chi connectivity index (χ2v) is 17.7. The third-order valence-electron chi connectivity index (χ3n) is 11.3. The lowest BCUT2D eigenvalue weighted by atomic mass is 10.1. The van der Waals surface area contributed by atoms with Crippen molar-refractivity contribution < 1.29 is 28.6 Å². The highest BCUT2D eigenvalue weighted by Crippen LogP contribution is 2.14. The Morgan fingerprint density at radius 2 is 0.631 bits per heavy atom. The molecule has 0 aliphatic carbocycles. The summed E-state index contributed by atoms with van der Waals surface area (Å²) < 4.78 is 16.8. The highest BCUT2D eigenvalue weighted by atomic mass is 16.6. The molecule has 0 aromatic heterocycles. The highest BCUT2D eigenvalue weighted by Gasteiger charge is 2.19. The van der Waals surface area contributed by atoms with Crippen LogP contribution in [0.15, 0.2) is 85.1 Å². The first kappa shape index (κ1) is 61.6. The van der Waals surface area contributed by atoms with Gasteiger partial charge >= 0.3 is 17.9 Å². The van der Waals surface area contributed by atoms with Crippen LogP contribution in [0.1, 0.15) is 252 Å². The molecule has 6 nitrogen and oxygen atoms in total. The molecule has 0 amide bonds. The van der Waals surface area contributed by atoms with E-state index in [2.05, 4.69) is 106 Å². The summed E-state index contributed by atoms with van der Waals surface area (Å²) in [5, 5.41) is 0. The lowest BCUT2D eigenvalue weighted by Gasteiger charge is -2.18. The number of ether oxygens (including phenoxy) is 3. The van der Waals surface area contributed by atoms with Crippen molar-refractivity contribution in [3.63, 3.8) is 0 Å². The molecular weight excluding hydrogens is 805 g/mol. The van der Waals surface area contributed by atoms with E-state index in [0.717, 1.165) is 122 Å². The van der Waals surface area contributed by atoms with Crippen LogP contribution in [0.5, 0.6) is 0 Å². The molecule has 0 heterocycles. The van der Waals surface area contributed by atoms with Gasteiger partial charge in [-0.3, -0.25) is 14.4 Å². The molecule has 6 heteroatoms. The Labute approximate surface area is 401 Å². The van der Waals surface area contributed by atoms with Gasteiger partial charge in [-0.1, -0.05) is 209 Å². The van der Waals surface area contributed by atoms with Crippen LogP contribution in [0.4, 0.5) is 0 Å². The number of allylic oxidation sites excluding steroid dienone is 14. The normalized spacial score (nSPS) is 12.7. The molecule has 0 aromatic carbocycles. The Morgan fingerprint density at radius 1 is 0.323 bits per heavy atom. The molecular formula is C59H100O6. The fourth-order valence-corrected chi connectivity index (χ4v) is 7.29. The summed E-state index contributed by atoms with van der Waals surface area (Å²) in [4.78, 5) is 38.0. The average molecular weight is 905 g/mol. The second kappa shape index (κ2) is 53.2. The molecule has 0 aromatic rings. The molecule has 65 heavy (non-hydrogen) atoms. The third-order valence-corrected chi connectivity index (χ3v) is 11.3. The van der Waals surface area contributed by atoms with E-state index in [1.54, 1.807) is 0 Å². The van der Waals surface area contributed by atoms with Crippen molar-refractivity contribution in [2.45, 2.75) is 258 Å². The lowest BCUT2D eigenvalue weighted by molar-refractivity contribution is -0.167. The van der Waals surface area contributed by atoms with Crippen molar-refractivity contribution in [1.29, 1.82) is 0 Å². The number of hydrogen-bond acceptors (Lipinski definition) is 6. The predicted molar refractivity (Wildman–Crippen MR) is 279 cm³/mol. The van der Waals surface area contributed by atoms with Crippen molar-refractivity contribution in [2.24, 2.45) is 0 Å². The molecule has 0 radical (unpaired) electrons. The van der Waals surface area contributed by atoms with E-state index < -0.39 is 6.10 Å². The van der Waals surface area contributed by atoms with Gasteiger partial charge in [0.2, 0.25) is 0 Å². The van der Waals surface area contributed by atoms with E-state index in [4.69, 9.17) is 14.2 Å². The number of unbranched alkanes of at least 4 members (excludes halogenated alkanes) is 23. The zero-order valence-corrected chi connectivity index (χ0v) is 42.5. The van der Waals surface area contributed by atoms with Crippen LogP contribution < -0.4 is 0 Å². The molecule has 0 aliphatic heterocycles. The fourth-order valence-electron chi connectivity index (χ4n) is 7.29. The van der Waals surface area contributed by atoms with Gasteiger partial charge in [-0.25, -0.2) is 0 Å². The quantitative estimate of drug-likeness (QED) is 0.0262. The Bertz CT molecular complexity index is 1270. The Kier molecular flexibility index (Phi) is 50.4. The topological polar surface area (TPSA) is 78.9 Å². The van der Waals surface area contributed by atoms with E-state index in [9.17, 15) is 14.4 Å². The molecule has 0 rings (SSSR count). The number of esters is 3. The monoisotopic (exact) mass is 905 g/mol.